The van der Waals surface area contributed by atoms with Crippen LogP contribution in [0.3, 0.4) is 0 Å². The highest BCUT2D eigenvalue weighted by molar-refractivity contribution is 8.03. The maximum Gasteiger partial charge on any atom is 0.225 e. The van der Waals surface area contributed by atoms with Crippen LogP contribution in [0, 0.1) is 5.92 Å². The van der Waals surface area contributed by atoms with Gasteiger partial charge in [-0.05, 0) is 25.9 Å². The zero-order chi connectivity index (χ0) is 14.5. The molecule has 0 aromatic carbocycles. The van der Waals surface area contributed by atoms with Crippen LogP contribution in [-0.2, 0) is 9.53 Å². The number of morpholine rings is 1. The number of rotatable bonds is 2. The molecule has 3 fully saturated rings. The van der Waals surface area contributed by atoms with Crippen LogP contribution in [0.5, 0.6) is 0 Å². The van der Waals surface area contributed by atoms with E-state index in [1.807, 2.05) is 4.90 Å². The lowest BCUT2D eigenvalue weighted by atomic mass is 9.94. The van der Waals surface area contributed by atoms with E-state index in [-0.39, 0.29) is 5.92 Å². The van der Waals surface area contributed by atoms with Crippen LogP contribution < -0.4 is 0 Å². The normalized spacial score (nSPS) is 27.5. The summed E-state index contributed by atoms with van der Waals surface area (Å²) in [4.78, 5) is 17.2. The molecule has 6 heteroatoms. The molecular weight excluding hydrogens is 304 g/mol. The van der Waals surface area contributed by atoms with Crippen molar-refractivity contribution >= 4 is 29.4 Å². The highest BCUT2D eigenvalue weighted by Gasteiger charge is 2.31. The molecule has 120 valence electrons. The third-order valence-electron chi connectivity index (χ3n) is 4.71. The molecule has 3 aliphatic rings. The predicted molar refractivity (Wildman–Crippen MR) is 90.1 cm³/mol. The third-order valence-corrected chi connectivity index (χ3v) is 7.20. The second-order valence-electron chi connectivity index (χ2n) is 6.05. The number of thioether (sulfide) groups is 2. The van der Waals surface area contributed by atoms with Gasteiger partial charge in [-0.3, -0.25) is 9.69 Å². The van der Waals surface area contributed by atoms with Gasteiger partial charge in [0.15, 0.2) is 0 Å². The Labute approximate surface area is 136 Å². The van der Waals surface area contributed by atoms with E-state index in [9.17, 15) is 4.79 Å². The van der Waals surface area contributed by atoms with Gasteiger partial charge in [-0.15, -0.1) is 0 Å². The van der Waals surface area contributed by atoms with Gasteiger partial charge < -0.3 is 9.64 Å². The van der Waals surface area contributed by atoms with Crippen LogP contribution in [0.25, 0.3) is 0 Å². The summed E-state index contributed by atoms with van der Waals surface area (Å²) < 4.78 is 5.34. The topological polar surface area (TPSA) is 32.8 Å². The minimum Gasteiger partial charge on any atom is -0.378 e. The number of amides is 1. The first-order chi connectivity index (χ1) is 10.3. The maximum absolute atomic E-state index is 12.5. The van der Waals surface area contributed by atoms with Crippen molar-refractivity contribution in [2.24, 2.45) is 5.92 Å². The highest BCUT2D eigenvalue weighted by Crippen LogP contribution is 2.26. The van der Waals surface area contributed by atoms with Gasteiger partial charge in [-0.1, -0.05) is 0 Å². The molecule has 0 aromatic heterocycles. The Morgan fingerprint density at radius 1 is 0.952 bits per heavy atom. The average Bonchev–Trinajstić information content (AvgIpc) is 2.84. The third kappa shape index (κ3) is 4.30. The predicted octanol–water partition coefficient (Wildman–Crippen LogP) is 1.41. The molecule has 0 radical (unpaired) electrons. The molecule has 0 atom stereocenters. The Bertz CT molecular complexity index is 335. The van der Waals surface area contributed by atoms with E-state index >= 15 is 0 Å². The van der Waals surface area contributed by atoms with E-state index in [1.54, 1.807) is 0 Å². The molecule has 3 rings (SSSR count). The van der Waals surface area contributed by atoms with Gasteiger partial charge in [0.05, 0.1) is 13.2 Å². The summed E-state index contributed by atoms with van der Waals surface area (Å²) in [7, 11) is 0. The first-order valence-electron chi connectivity index (χ1n) is 8.10. The molecule has 0 spiro atoms. The fourth-order valence-corrected chi connectivity index (χ4v) is 6.00. The van der Waals surface area contributed by atoms with E-state index in [0.29, 0.717) is 19.1 Å². The molecule has 4 nitrogen and oxygen atoms in total. The standard InChI is InChI=1S/C15H26N2O2S2/c18-15(17-5-7-19-8-6-17)13-1-3-16(4-2-13)14-11-20-9-10-21-12-14/h13-14H,1-12H2. The molecule has 0 N–H and O–H groups in total. The molecule has 3 saturated heterocycles. The van der Waals surface area contributed by atoms with E-state index in [1.165, 1.54) is 23.0 Å². The summed E-state index contributed by atoms with van der Waals surface area (Å²) in [5, 5.41) is 0. The molecule has 0 saturated carbocycles. The van der Waals surface area contributed by atoms with E-state index in [4.69, 9.17) is 4.74 Å². The Morgan fingerprint density at radius 2 is 1.57 bits per heavy atom. The molecule has 0 unspecified atom stereocenters. The van der Waals surface area contributed by atoms with Crippen LogP contribution in [0.4, 0.5) is 0 Å². The molecule has 3 aliphatic heterocycles. The Morgan fingerprint density at radius 3 is 2.19 bits per heavy atom. The highest BCUT2D eigenvalue weighted by atomic mass is 32.2. The number of likely N-dealkylation sites (tertiary alicyclic amines) is 1. The van der Waals surface area contributed by atoms with Gasteiger partial charge in [0.1, 0.15) is 0 Å². The summed E-state index contributed by atoms with van der Waals surface area (Å²) in [6.45, 7) is 5.20. The second-order valence-corrected chi connectivity index (χ2v) is 8.35. The van der Waals surface area contributed by atoms with Crippen molar-refractivity contribution in [2.75, 3.05) is 62.4 Å². The molecule has 0 aliphatic carbocycles. The summed E-state index contributed by atoms with van der Waals surface area (Å²) >= 11 is 4.19. The number of nitrogens with zero attached hydrogens (tertiary/aromatic N) is 2. The maximum atomic E-state index is 12.5. The Balaban J connectivity index is 1.46. The van der Waals surface area contributed by atoms with E-state index < -0.39 is 0 Å². The largest absolute Gasteiger partial charge is 0.378 e. The summed E-state index contributed by atoms with van der Waals surface area (Å²) in [5.41, 5.74) is 0. The number of hydrogen-bond donors (Lipinski definition) is 0. The molecule has 3 heterocycles. The Hall–Kier alpha value is 0.0900. The molecule has 0 aromatic rings. The van der Waals surface area contributed by atoms with Crippen LogP contribution in [0.15, 0.2) is 0 Å². The number of carbonyl (C=O) groups excluding carboxylic acids is 1. The molecule has 1 amide bonds. The molecule has 21 heavy (non-hydrogen) atoms. The number of ether oxygens (including phenoxy) is 1. The summed E-state index contributed by atoms with van der Waals surface area (Å²) in [6, 6.07) is 0.724. The number of piperidine rings is 1. The van der Waals surface area contributed by atoms with Crippen molar-refractivity contribution in [1.29, 1.82) is 0 Å². The fraction of sp³-hybridized carbons (Fsp3) is 0.933. The minimum atomic E-state index is 0.255. The van der Waals surface area contributed by atoms with Gasteiger partial charge in [0, 0.05) is 48.1 Å². The second kappa shape index (κ2) is 8.09. The van der Waals surface area contributed by atoms with Crippen molar-refractivity contribution in [2.45, 2.75) is 18.9 Å². The lowest BCUT2D eigenvalue weighted by Gasteiger charge is -2.38. The van der Waals surface area contributed by atoms with E-state index in [2.05, 4.69) is 28.4 Å². The number of carbonyl (C=O) groups is 1. The van der Waals surface area contributed by atoms with Crippen molar-refractivity contribution in [3.8, 4) is 0 Å². The first kappa shape index (κ1) is 16.0. The van der Waals surface area contributed by atoms with Crippen LogP contribution in [-0.4, -0.2) is 84.2 Å². The lowest BCUT2D eigenvalue weighted by Crippen LogP contribution is -2.49. The van der Waals surface area contributed by atoms with Gasteiger partial charge in [0.2, 0.25) is 5.91 Å². The van der Waals surface area contributed by atoms with Gasteiger partial charge >= 0.3 is 0 Å². The fourth-order valence-electron chi connectivity index (χ4n) is 3.37. The van der Waals surface area contributed by atoms with Gasteiger partial charge in [-0.25, -0.2) is 0 Å². The van der Waals surface area contributed by atoms with Crippen LogP contribution >= 0.6 is 23.5 Å². The summed E-state index contributed by atoms with van der Waals surface area (Å²) in [6.07, 6.45) is 2.09. The van der Waals surface area contributed by atoms with Crippen molar-refractivity contribution in [3.63, 3.8) is 0 Å². The van der Waals surface area contributed by atoms with Crippen LogP contribution in [0.2, 0.25) is 0 Å². The molecular formula is C15H26N2O2S2. The minimum absolute atomic E-state index is 0.255. The monoisotopic (exact) mass is 330 g/mol. The van der Waals surface area contributed by atoms with Gasteiger partial charge in [-0.2, -0.15) is 23.5 Å². The van der Waals surface area contributed by atoms with E-state index in [0.717, 1.165) is 45.1 Å². The average molecular weight is 331 g/mol. The Kier molecular flexibility index (Phi) is 6.15. The van der Waals surface area contributed by atoms with Crippen molar-refractivity contribution in [1.82, 2.24) is 9.80 Å². The number of hydrogen-bond acceptors (Lipinski definition) is 5. The lowest BCUT2D eigenvalue weighted by molar-refractivity contribution is -0.141. The quantitative estimate of drug-likeness (QED) is 0.764. The molecule has 0 bridgehead atoms. The first-order valence-corrected chi connectivity index (χ1v) is 10.4. The van der Waals surface area contributed by atoms with Crippen molar-refractivity contribution in [3.05, 3.63) is 0 Å². The SMILES string of the molecule is O=C(C1CCN(C2CSCCSC2)CC1)N1CCOCC1. The van der Waals surface area contributed by atoms with Gasteiger partial charge in [0.25, 0.3) is 0 Å². The zero-order valence-electron chi connectivity index (χ0n) is 12.7. The summed E-state index contributed by atoms with van der Waals surface area (Å²) in [5.74, 6) is 5.78. The van der Waals surface area contributed by atoms with Crippen molar-refractivity contribution < 1.29 is 9.53 Å². The smallest absolute Gasteiger partial charge is 0.225 e. The zero-order valence-corrected chi connectivity index (χ0v) is 14.3. The van der Waals surface area contributed by atoms with Crippen LogP contribution in [0.1, 0.15) is 12.8 Å².